The summed E-state index contributed by atoms with van der Waals surface area (Å²) in [6.07, 6.45) is 1.64. The SMILES string of the molecule is C=CCOc1cccc(C2C(C(=O)c3sc(C)nc3C)=C(O)C(=O)N2c2nc3ccc(C)cc3s2)c1. The molecule has 5 rings (SSSR count). The quantitative estimate of drug-likeness (QED) is 0.238. The number of carbonyl (C=O) groups excluding carboxylic acids is 2. The second kappa shape index (κ2) is 9.33. The maximum atomic E-state index is 13.8. The van der Waals surface area contributed by atoms with Crippen molar-refractivity contribution in [1.29, 1.82) is 0 Å². The second-order valence-corrected chi connectivity index (χ2v) is 10.7. The van der Waals surface area contributed by atoms with E-state index in [1.54, 1.807) is 37.3 Å². The molecular formula is C27H23N3O4S2. The smallest absolute Gasteiger partial charge is 0.296 e. The highest BCUT2D eigenvalue weighted by Gasteiger charge is 2.46. The van der Waals surface area contributed by atoms with E-state index in [9.17, 15) is 14.7 Å². The van der Waals surface area contributed by atoms with Gasteiger partial charge in [-0.3, -0.25) is 14.5 Å². The number of carbonyl (C=O) groups is 2. The number of nitrogens with zero attached hydrogens (tertiary/aromatic N) is 3. The molecular weight excluding hydrogens is 494 g/mol. The van der Waals surface area contributed by atoms with Crippen molar-refractivity contribution < 1.29 is 19.4 Å². The molecule has 1 atom stereocenters. The summed E-state index contributed by atoms with van der Waals surface area (Å²) in [5, 5.41) is 12.2. The molecule has 1 aliphatic heterocycles. The van der Waals surface area contributed by atoms with E-state index >= 15 is 0 Å². The number of aliphatic hydroxyl groups is 1. The van der Waals surface area contributed by atoms with Crippen LogP contribution >= 0.6 is 22.7 Å². The van der Waals surface area contributed by atoms with Crippen molar-refractivity contribution in [2.75, 3.05) is 11.5 Å². The van der Waals surface area contributed by atoms with E-state index in [-0.39, 0.29) is 5.57 Å². The maximum Gasteiger partial charge on any atom is 0.296 e. The van der Waals surface area contributed by atoms with E-state index in [0.717, 1.165) is 20.8 Å². The Hall–Kier alpha value is -3.82. The van der Waals surface area contributed by atoms with Gasteiger partial charge in [0.15, 0.2) is 10.9 Å². The van der Waals surface area contributed by atoms with Crippen LogP contribution in [0.25, 0.3) is 10.2 Å². The van der Waals surface area contributed by atoms with Crippen LogP contribution in [0.1, 0.15) is 37.5 Å². The lowest BCUT2D eigenvalue weighted by atomic mass is 9.95. The third kappa shape index (κ3) is 4.10. The summed E-state index contributed by atoms with van der Waals surface area (Å²) in [5.74, 6) is -1.12. The number of hydrogen-bond donors (Lipinski definition) is 1. The summed E-state index contributed by atoms with van der Waals surface area (Å²) in [5.41, 5.74) is 2.99. The molecule has 4 aromatic rings. The summed E-state index contributed by atoms with van der Waals surface area (Å²) in [6, 6.07) is 12.1. The fraction of sp³-hybridized carbons (Fsp3) is 0.185. The van der Waals surface area contributed by atoms with Gasteiger partial charge in [-0.25, -0.2) is 9.97 Å². The Labute approximate surface area is 216 Å². The number of Topliss-reactive ketones (excluding diaryl/α,β-unsaturated/α-hetero) is 1. The van der Waals surface area contributed by atoms with Crippen molar-refractivity contribution in [2.24, 2.45) is 0 Å². The standard InChI is InChI=1S/C27H23N3O4S2/c1-5-11-34-18-8-6-7-17(13-18)22-21(23(31)25-15(3)28-16(4)35-25)24(32)26(33)30(22)27-29-19-10-9-14(2)12-20(19)36-27/h5-10,12-13,22,32H,1,11H2,2-4H3. The number of fused-ring (bicyclic) bond motifs is 1. The zero-order chi connectivity index (χ0) is 25.6. The lowest BCUT2D eigenvalue weighted by Crippen LogP contribution is -2.31. The van der Waals surface area contributed by atoms with Crippen molar-refractivity contribution in [3.8, 4) is 5.75 Å². The maximum absolute atomic E-state index is 13.8. The van der Waals surface area contributed by atoms with Crippen LogP contribution in [0.5, 0.6) is 5.75 Å². The van der Waals surface area contributed by atoms with E-state index in [4.69, 9.17) is 4.74 Å². The topological polar surface area (TPSA) is 92.6 Å². The number of rotatable bonds is 7. The average molecular weight is 518 g/mol. The highest BCUT2D eigenvalue weighted by atomic mass is 32.1. The Balaban J connectivity index is 1.68. The Bertz CT molecular complexity index is 1570. The third-order valence-electron chi connectivity index (χ3n) is 5.84. The minimum atomic E-state index is -0.888. The van der Waals surface area contributed by atoms with Crippen LogP contribution in [0.2, 0.25) is 0 Å². The van der Waals surface area contributed by atoms with E-state index in [2.05, 4.69) is 16.5 Å². The summed E-state index contributed by atoms with van der Waals surface area (Å²) < 4.78 is 6.62. The summed E-state index contributed by atoms with van der Waals surface area (Å²) in [7, 11) is 0. The molecule has 0 aliphatic carbocycles. The first-order valence-electron chi connectivity index (χ1n) is 11.2. The number of ketones is 1. The lowest BCUT2D eigenvalue weighted by molar-refractivity contribution is -0.117. The molecule has 1 unspecified atom stereocenters. The average Bonchev–Trinajstić information content (AvgIpc) is 3.50. The number of hydrogen-bond acceptors (Lipinski definition) is 8. The summed E-state index contributed by atoms with van der Waals surface area (Å²) in [6.45, 7) is 9.53. The number of thiazole rings is 2. The summed E-state index contributed by atoms with van der Waals surface area (Å²) in [4.78, 5) is 38.1. The van der Waals surface area contributed by atoms with Crippen molar-refractivity contribution in [3.63, 3.8) is 0 Å². The van der Waals surface area contributed by atoms with E-state index < -0.39 is 23.5 Å². The number of aliphatic hydroxyl groups excluding tert-OH is 1. The second-order valence-electron chi connectivity index (χ2n) is 8.46. The molecule has 0 bridgehead atoms. The molecule has 0 spiro atoms. The molecule has 1 aliphatic rings. The van der Waals surface area contributed by atoms with E-state index in [0.29, 0.717) is 33.6 Å². The van der Waals surface area contributed by atoms with E-state index in [1.807, 2.05) is 32.0 Å². The first-order valence-corrected chi connectivity index (χ1v) is 12.9. The molecule has 1 N–H and O–H groups in total. The predicted octanol–water partition coefficient (Wildman–Crippen LogP) is 6.03. The minimum absolute atomic E-state index is 0.00283. The zero-order valence-electron chi connectivity index (χ0n) is 19.9. The molecule has 0 fully saturated rings. The molecule has 9 heteroatoms. The van der Waals surface area contributed by atoms with Gasteiger partial charge in [-0.15, -0.1) is 11.3 Å². The Morgan fingerprint density at radius 3 is 2.69 bits per heavy atom. The number of anilines is 1. The molecule has 2 aromatic heterocycles. The summed E-state index contributed by atoms with van der Waals surface area (Å²) >= 11 is 2.58. The van der Waals surface area contributed by atoms with Crippen molar-refractivity contribution >= 4 is 49.7 Å². The Kier molecular flexibility index (Phi) is 6.19. The third-order valence-corrected chi connectivity index (χ3v) is 7.93. The van der Waals surface area contributed by atoms with Crippen LogP contribution < -0.4 is 9.64 Å². The van der Waals surface area contributed by atoms with Crippen LogP contribution in [0.4, 0.5) is 5.13 Å². The van der Waals surface area contributed by atoms with Gasteiger partial charge in [0.1, 0.15) is 12.4 Å². The molecule has 182 valence electrons. The van der Waals surface area contributed by atoms with Crippen molar-refractivity contribution in [1.82, 2.24) is 9.97 Å². The van der Waals surface area contributed by atoms with Crippen molar-refractivity contribution in [3.05, 3.63) is 93.2 Å². The van der Waals surface area contributed by atoms with Gasteiger partial charge in [0.2, 0.25) is 5.78 Å². The van der Waals surface area contributed by atoms with Gasteiger partial charge >= 0.3 is 0 Å². The number of amides is 1. The number of benzene rings is 2. The van der Waals surface area contributed by atoms with Crippen molar-refractivity contribution in [2.45, 2.75) is 26.8 Å². The molecule has 2 aromatic carbocycles. The number of aryl methyl sites for hydroxylation is 3. The number of ether oxygens (including phenoxy) is 1. The molecule has 36 heavy (non-hydrogen) atoms. The predicted molar refractivity (Wildman–Crippen MR) is 142 cm³/mol. The molecule has 0 saturated carbocycles. The lowest BCUT2D eigenvalue weighted by Gasteiger charge is -2.24. The fourth-order valence-electron chi connectivity index (χ4n) is 4.27. The first-order chi connectivity index (χ1) is 17.3. The monoisotopic (exact) mass is 517 g/mol. The zero-order valence-corrected chi connectivity index (χ0v) is 21.6. The van der Waals surface area contributed by atoms with Gasteiger partial charge in [-0.05, 0) is 56.2 Å². The minimum Gasteiger partial charge on any atom is -0.503 e. The molecule has 0 saturated heterocycles. The van der Waals surface area contributed by atoms with E-state index in [1.165, 1.54) is 27.6 Å². The van der Waals surface area contributed by atoms with Gasteiger partial charge in [0, 0.05) is 0 Å². The van der Waals surface area contributed by atoms with Crippen LogP contribution in [-0.2, 0) is 4.79 Å². The van der Waals surface area contributed by atoms with Gasteiger partial charge < -0.3 is 9.84 Å². The Morgan fingerprint density at radius 1 is 1.17 bits per heavy atom. The first kappa shape index (κ1) is 23.9. The Morgan fingerprint density at radius 2 is 1.97 bits per heavy atom. The van der Waals surface area contributed by atoms with Gasteiger partial charge in [0.05, 0.1) is 37.4 Å². The van der Waals surface area contributed by atoms with Gasteiger partial charge in [0.25, 0.3) is 5.91 Å². The van der Waals surface area contributed by atoms with Gasteiger partial charge in [-0.2, -0.15) is 0 Å². The largest absolute Gasteiger partial charge is 0.503 e. The van der Waals surface area contributed by atoms with Crippen LogP contribution in [-0.4, -0.2) is 33.4 Å². The normalized spacial score (nSPS) is 15.7. The molecule has 3 heterocycles. The molecule has 7 nitrogen and oxygen atoms in total. The number of aromatic nitrogens is 2. The fourth-order valence-corrected chi connectivity index (χ4v) is 6.23. The van der Waals surface area contributed by atoms with Gasteiger partial charge in [-0.1, -0.05) is 42.2 Å². The molecule has 0 radical (unpaired) electrons. The van der Waals surface area contributed by atoms with Crippen LogP contribution in [0.15, 0.2) is 66.5 Å². The molecule has 1 amide bonds. The van der Waals surface area contributed by atoms with Crippen LogP contribution in [0.3, 0.4) is 0 Å². The van der Waals surface area contributed by atoms with Crippen LogP contribution in [0, 0.1) is 20.8 Å². The highest BCUT2D eigenvalue weighted by Crippen LogP contribution is 2.45. The highest BCUT2D eigenvalue weighted by molar-refractivity contribution is 7.22.